The van der Waals surface area contributed by atoms with Crippen molar-refractivity contribution < 1.29 is 23.0 Å². The molecule has 0 amide bonds. The smallest absolute Gasteiger partial charge is 0.314 e. The van der Waals surface area contributed by atoms with Crippen LogP contribution in [0.4, 0.5) is 8.78 Å². The summed E-state index contributed by atoms with van der Waals surface area (Å²) in [7, 11) is 0. The SMILES string of the molecule is CCOc1ccc(OC(=O)C2CCC(C3CCC(C4CCC(C)CC4)CC3)CC2)c(F)c1F. The Bertz CT molecular complexity index is 787. The largest absolute Gasteiger partial charge is 0.491 e. The van der Waals surface area contributed by atoms with E-state index in [0.717, 1.165) is 49.4 Å². The molecule has 0 aromatic heterocycles. The zero-order chi connectivity index (χ0) is 23.4. The van der Waals surface area contributed by atoms with Gasteiger partial charge in [0.05, 0.1) is 12.5 Å². The number of rotatable bonds is 6. The van der Waals surface area contributed by atoms with Crippen LogP contribution in [0.5, 0.6) is 11.5 Å². The normalized spacial score (nSPS) is 32.8. The van der Waals surface area contributed by atoms with Crippen LogP contribution in [0.25, 0.3) is 0 Å². The summed E-state index contributed by atoms with van der Waals surface area (Å²) in [6, 6.07) is 2.59. The third-order valence-electron chi connectivity index (χ3n) is 8.84. The number of esters is 1. The molecule has 0 radical (unpaired) electrons. The van der Waals surface area contributed by atoms with Crippen molar-refractivity contribution in [3.63, 3.8) is 0 Å². The first-order valence-electron chi connectivity index (χ1n) is 13.3. The van der Waals surface area contributed by atoms with E-state index >= 15 is 0 Å². The third kappa shape index (κ3) is 5.89. The van der Waals surface area contributed by atoms with Gasteiger partial charge in [0, 0.05) is 0 Å². The van der Waals surface area contributed by atoms with E-state index in [4.69, 9.17) is 9.47 Å². The summed E-state index contributed by atoms with van der Waals surface area (Å²) in [6.45, 7) is 4.33. The number of hydrogen-bond donors (Lipinski definition) is 0. The molecule has 0 unspecified atom stereocenters. The quantitative estimate of drug-likeness (QED) is 0.321. The molecule has 5 heteroatoms. The van der Waals surface area contributed by atoms with E-state index in [1.54, 1.807) is 6.92 Å². The van der Waals surface area contributed by atoms with Gasteiger partial charge in [0.2, 0.25) is 11.6 Å². The molecule has 0 heterocycles. The molecule has 4 rings (SSSR count). The van der Waals surface area contributed by atoms with Gasteiger partial charge in [0.15, 0.2) is 11.5 Å². The van der Waals surface area contributed by atoms with Crippen LogP contribution in [-0.2, 0) is 4.79 Å². The van der Waals surface area contributed by atoms with Gasteiger partial charge in [-0.1, -0.05) is 19.8 Å². The van der Waals surface area contributed by atoms with E-state index in [9.17, 15) is 13.6 Å². The molecular formula is C28H40F2O3. The van der Waals surface area contributed by atoms with Crippen molar-refractivity contribution in [2.24, 2.45) is 35.5 Å². The van der Waals surface area contributed by atoms with Crippen LogP contribution in [0.1, 0.15) is 90.9 Å². The highest BCUT2D eigenvalue weighted by molar-refractivity contribution is 5.75. The van der Waals surface area contributed by atoms with Crippen LogP contribution in [0, 0.1) is 47.1 Å². The number of carbonyl (C=O) groups is 1. The highest BCUT2D eigenvalue weighted by Gasteiger charge is 2.36. The van der Waals surface area contributed by atoms with Gasteiger partial charge in [-0.05, 0) is 113 Å². The lowest BCUT2D eigenvalue weighted by atomic mass is 9.65. The molecule has 0 bridgehead atoms. The number of hydrogen-bond acceptors (Lipinski definition) is 3. The highest BCUT2D eigenvalue weighted by atomic mass is 19.2. The van der Waals surface area contributed by atoms with Gasteiger partial charge in [0.25, 0.3) is 0 Å². The Balaban J connectivity index is 1.22. The molecule has 1 aromatic rings. The Morgan fingerprint density at radius 3 is 1.70 bits per heavy atom. The Morgan fingerprint density at radius 2 is 1.18 bits per heavy atom. The minimum absolute atomic E-state index is 0.164. The van der Waals surface area contributed by atoms with Crippen LogP contribution in [0.3, 0.4) is 0 Å². The molecular weight excluding hydrogens is 422 g/mol. The first-order valence-corrected chi connectivity index (χ1v) is 13.3. The van der Waals surface area contributed by atoms with Crippen molar-refractivity contribution in [2.75, 3.05) is 6.61 Å². The Hall–Kier alpha value is -1.65. The second-order valence-corrected chi connectivity index (χ2v) is 10.9. The highest BCUT2D eigenvalue weighted by Crippen LogP contribution is 2.46. The number of halogens is 2. The van der Waals surface area contributed by atoms with Crippen LogP contribution < -0.4 is 9.47 Å². The maximum atomic E-state index is 14.3. The standard InChI is InChI=1S/C28H40F2O3/c1-3-32-24-16-17-25(27(30)26(24)29)33-28(31)23-14-12-22(13-15-23)21-10-8-20(9-11-21)19-6-4-18(2)5-7-19/h16-23H,3-15H2,1-2H3. The van der Waals surface area contributed by atoms with E-state index in [0.29, 0.717) is 5.92 Å². The average molecular weight is 463 g/mol. The van der Waals surface area contributed by atoms with Gasteiger partial charge in [0.1, 0.15) is 0 Å². The van der Waals surface area contributed by atoms with Crippen molar-refractivity contribution in [3.05, 3.63) is 23.8 Å². The van der Waals surface area contributed by atoms with Crippen LogP contribution in [0.15, 0.2) is 12.1 Å². The molecule has 33 heavy (non-hydrogen) atoms. The molecule has 3 aliphatic rings. The Morgan fingerprint density at radius 1 is 0.758 bits per heavy atom. The molecule has 3 saturated carbocycles. The zero-order valence-corrected chi connectivity index (χ0v) is 20.3. The molecule has 0 spiro atoms. The van der Waals surface area contributed by atoms with Gasteiger partial charge < -0.3 is 9.47 Å². The van der Waals surface area contributed by atoms with E-state index < -0.39 is 17.6 Å². The molecule has 0 aliphatic heterocycles. The molecule has 184 valence electrons. The van der Waals surface area contributed by atoms with E-state index in [1.807, 2.05) is 0 Å². The predicted octanol–water partition coefficient (Wildman–Crippen LogP) is 7.71. The summed E-state index contributed by atoms with van der Waals surface area (Å²) in [5.41, 5.74) is 0. The minimum Gasteiger partial charge on any atom is -0.491 e. The molecule has 0 saturated heterocycles. The van der Waals surface area contributed by atoms with E-state index in [2.05, 4.69) is 6.92 Å². The van der Waals surface area contributed by atoms with Gasteiger partial charge in [-0.25, -0.2) is 0 Å². The molecule has 3 aliphatic carbocycles. The van der Waals surface area contributed by atoms with Crippen LogP contribution in [0.2, 0.25) is 0 Å². The first-order chi connectivity index (χ1) is 16.0. The molecule has 0 N–H and O–H groups in total. The maximum absolute atomic E-state index is 14.3. The lowest BCUT2D eigenvalue weighted by Gasteiger charge is -2.41. The fourth-order valence-corrected chi connectivity index (χ4v) is 6.72. The Labute approximate surface area is 197 Å². The van der Waals surface area contributed by atoms with Crippen LogP contribution >= 0.6 is 0 Å². The summed E-state index contributed by atoms with van der Waals surface area (Å²) < 4.78 is 38.7. The molecule has 0 atom stereocenters. The summed E-state index contributed by atoms with van der Waals surface area (Å²) in [5.74, 6) is 0.855. The molecule has 3 nitrogen and oxygen atoms in total. The minimum atomic E-state index is -1.16. The third-order valence-corrected chi connectivity index (χ3v) is 8.84. The molecule has 1 aromatic carbocycles. The average Bonchev–Trinajstić information content (AvgIpc) is 2.84. The second-order valence-electron chi connectivity index (χ2n) is 10.9. The van der Waals surface area contributed by atoms with Gasteiger partial charge >= 0.3 is 5.97 Å². The van der Waals surface area contributed by atoms with Gasteiger partial charge in [-0.3, -0.25) is 4.79 Å². The van der Waals surface area contributed by atoms with E-state index in [-0.39, 0.29) is 24.0 Å². The van der Waals surface area contributed by atoms with Crippen molar-refractivity contribution in [3.8, 4) is 11.5 Å². The fraction of sp³-hybridized carbons (Fsp3) is 0.750. The van der Waals surface area contributed by atoms with Crippen molar-refractivity contribution in [1.29, 1.82) is 0 Å². The number of ether oxygens (including phenoxy) is 2. The maximum Gasteiger partial charge on any atom is 0.314 e. The van der Waals surface area contributed by atoms with E-state index in [1.165, 1.54) is 63.5 Å². The topological polar surface area (TPSA) is 35.5 Å². The predicted molar refractivity (Wildman–Crippen MR) is 125 cm³/mol. The summed E-state index contributed by atoms with van der Waals surface area (Å²) in [4.78, 5) is 12.6. The monoisotopic (exact) mass is 462 g/mol. The van der Waals surface area contributed by atoms with Crippen molar-refractivity contribution >= 4 is 5.97 Å². The fourth-order valence-electron chi connectivity index (χ4n) is 6.72. The number of carbonyl (C=O) groups excluding carboxylic acids is 1. The van der Waals surface area contributed by atoms with Crippen molar-refractivity contribution in [2.45, 2.75) is 90.9 Å². The summed E-state index contributed by atoms with van der Waals surface area (Å²) >= 11 is 0. The Kier molecular flexibility index (Phi) is 8.29. The van der Waals surface area contributed by atoms with Gasteiger partial charge in [-0.15, -0.1) is 0 Å². The first kappa shape index (κ1) is 24.5. The second kappa shape index (κ2) is 11.2. The summed E-state index contributed by atoms with van der Waals surface area (Å²) in [6.07, 6.45) is 14.8. The van der Waals surface area contributed by atoms with Crippen LogP contribution in [-0.4, -0.2) is 12.6 Å². The number of benzene rings is 1. The van der Waals surface area contributed by atoms with Crippen molar-refractivity contribution in [1.82, 2.24) is 0 Å². The van der Waals surface area contributed by atoms with Gasteiger partial charge in [-0.2, -0.15) is 8.78 Å². The lowest BCUT2D eigenvalue weighted by molar-refractivity contribution is -0.140. The molecule has 3 fully saturated rings. The summed E-state index contributed by atoms with van der Waals surface area (Å²) in [5, 5.41) is 0. The zero-order valence-electron chi connectivity index (χ0n) is 20.3. The lowest BCUT2D eigenvalue weighted by Crippen LogP contribution is -2.31.